The van der Waals surface area contributed by atoms with Gasteiger partial charge in [-0.1, -0.05) is 24.9 Å². The number of hydrogen-bond acceptors (Lipinski definition) is 3. The molecular formula is C12H17ClN2O. The van der Waals surface area contributed by atoms with Crippen molar-refractivity contribution in [3.05, 3.63) is 11.7 Å². The Balaban J connectivity index is 1.74. The molecule has 1 aromatic rings. The number of halogens is 1. The SMILES string of the molecule is CCC(Cl)c1noc(C2C3CCCCC32)n1. The molecule has 2 aliphatic carbocycles. The summed E-state index contributed by atoms with van der Waals surface area (Å²) in [6.45, 7) is 2.03. The first-order chi connectivity index (χ1) is 7.81. The summed E-state index contributed by atoms with van der Waals surface area (Å²) in [5.74, 6) is 3.69. The van der Waals surface area contributed by atoms with Crippen LogP contribution in [0.1, 0.15) is 62.0 Å². The molecule has 3 unspecified atom stereocenters. The van der Waals surface area contributed by atoms with Gasteiger partial charge >= 0.3 is 0 Å². The molecule has 3 rings (SSSR count). The first-order valence-electron chi connectivity index (χ1n) is 6.28. The maximum Gasteiger partial charge on any atom is 0.230 e. The van der Waals surface area contributed by atoms with Crippen LogP contribution < -0.4 is 0 Å². The summed E-state index contributed by atoms with van der Waals surface area (Å²) in [6.07, 6.45) is 6.26. The zero-order chi connectivity index (χ0) is 11.1. The van der Waals surface area contributed by atoms with E-state index in [0.717, 1.165) is 24.1 Å². The van der Waals surface area contributed by atoms with E-state index in [1.54, 1.807) is 0 Å². The second-order valence-corrected chi connectivity index (χ2v) is 5.53. The average Bonchev–Trinajstić information content (AvgIpc) is 2.86. The molecule has 0 aromatic carbocycles. The van der Waals surface area contributed by atoms with Crippen molar-refractivity contribution < 1.29 is 4.52 Å². The van der Waals surface area contributed by atoms with Crippen LogP contribution in [0.15, 0.2) is 4.52 Å². The lowest BCUT2D eigenvalue weighted by Crippen LogP contribution is -1.91. The first kappa shape index (κ1) is 10.6. The van der Waals surface area contributed by atoms with Crippen LogP contribution in [-0.4, -0.2) is 10.1 Å². The molecule has 0 bridgehead atoms. The van der Waals surface area contributed by atoms with Gasteiger partial charge in [0.15, 0.2) is 5.82 Å². The van der Waals surface area contributed by atoms with Crippen molar-refractivity contribution in [2.24, 2.45) is 11.8 Å². The minimum absolute atomic E-state index is 0.0988. The summed E-state index contributed by atoms with van der Waals surface area (Å²) in [4.78, 5) is 4.46. The zero-order valence-electron chi connectivity index (χ0n) is 9.53. The summed E-state index contributed by atoms with van der Waals surface area (Å²) in [6, 6.07) is 0. The summed E-state index contributed by atoms with van der Waals surface area (Å²) >= 11 is 6.10. The molecule has 2 fully saturated rings. The lowest BCUT2D eigenvalue weighted by Gasteiger charge is -2.04. The monoisotopic (exact) mass is 240 g/mol. The third-order valence-corrected chi connectivity index (χ3v) is 4.54. The van der Waals surface area contributed by atoms with Crippen molar-refractivity contribution >= 4 is 11.6 Å². The van der Waals surface area contributed by atoms with Gasteiger partial charge in [-0.3, -0.25) is 0 Å². The van der Waals surface area contributed by atoms with E-state index in [1.807, 2.05) is 6.92 Å². The topological polar surface area (TPSA) is 38.9 Å². The van der Waals surface area contributed by atoms with E-state index in [1.165, 1.54) is 25.7 Å². The largest absolute Gasteiger partial charge is 0.339 e. The Morgan fingerprint density at radius 3 is 2.69 bits per heavy atom. The molecule has 0 amide bonds. The Morgan fingerprint density at radius 2 is 2.06 bits per heavy atom. The van der Waals surface area contributed by atoms with Gasteiger partial charge in [-0.25, -0.2) is 0 Å². The molecule has 3 atom stereocenters. The van der Waals surface area contributed by atoms with E-state index in [2.05, 4.69) is 10.1 Å². The van der Waals surface area contributed by atoms with E-state index in [-0.39, 0.29) is 5.38 Å². The lowest BCUT2D eigenvalue weighted by atomic mass is 10.0. The first-order valence-corrected chi connectivity index (χ1v) is 6.72. The van der Waals surface area contributed by atoms with Crippen LogP contribution in [0.5, 0.6) is 0 Å². The van der Waals surface area contributed by atoms with Crippen LogP contribution in [0, 0.1) is 11.8 Å². The summed E-state index contributed by atoms with van der Waals surface area (Å²) in [7, 11) is 0. The summed E-state index contributed by atoms with van der Waals surface area (Å²) < 4.78 is 5.36. The number of rotatable bonds is 3. The van der Waals surface area contributed by atoms with Crippen molar-refractivity contribution in [2.45, 2.75) is 50.3 Å². The number of nitrogens with zero attached hydrogens (tertiary/aromatic N) is 2. The smallest absolute Gasteiger partial charge is 0.230 e. The van der Waals surface area contributed by atoms with Crippen molar-refractivity contribution in [1.29, 1.82) is 0 Å². The summed E-state index contributed by atoms with van der Waals surface area (Å²) in [5, 5.41) is 3.89. The third kappa shape index (κ3) is 1.65. The van der Waals surface area contributed by atoms with Crippen LogP contribution in [-0.2, 0) is 0 Å². The molecule has 88 valence electrons. The second-order valence-electron chi connectivity index (χ2n) is 5.00. The van der Waals surface area contributed by atoms with Gasteiger partial charge < -0.3 is 4.52 Å². The van der Waals surface area contributed by atoms with Crippen molar-refractivity contribution in [1.82, 2.24) is 10.1 Å². The highest BCUT2D eigenvalue weighted by molar-refractivity contribution is 6.20. The predicted molar refractivity (Wildman–Crippen MR) is 61.4 cm³/mol. The van der Waals surface area contributed by atoms with Gasteiger partial charge in [0, 0.05) is 5.92 Å². The minimum Gasteiger partial charge on any atom is -0.339 e. The molecule has 16 heavy (non-hydrogen) atoms. The van der Waals surface area contributed by atoms with Gasteiger partial charge in [-0.05, 0) is 31.1 Å². The molecule has 0 radical (unpaired) electrons. The average molecular weight is 241 g/mol. The second kappa shape index (κ2) is 4.02. The van der Waals surface area contributed by atoms with Gasteiger partial charge in [-0.2, -0.15) is 4.98 Å². The Hall–Kier alpha value is -0.570. The van der Waals surface area contributed by atoms with Gasteiger partial charge in [0.05, 0.1) is 5.38 Å². The summed E-state index contributed by atoms with van der Waals surface area (Å²) in [5.41, 5.74) is 0. The van der Waals surface area contributed by atoms with E-state index >= 15 is 0 Å². The molecule has 0 spiro atoms. The van der Waals surface area contributed by atoms with Crippen LogP contribution in [0.3, 0.4) is 0 Å². The van der Waals surface area contributed by atoms with Crippen LogP contribution in [0.4, 0.5) is 0 Å². The van der Waals surface area contributed by atoms with E-state index in [9.17, 15) is 0 Å². The van der Waals surface area contributed by atoms with E-state index in [0.29, 0.717) is 11.7 Å². The fourth-order valence-electron chi connectivity index (χ4n) is 3.05. The molecule has 0 N–H and O–H groups in total. The van der Waals surface area contributed by atoms with E-state index < -0.39 is 0 Å². The minimum atomic E-state index is -0.0988. The molecule has 3 nitrogen and oxygen atoms in total. The number of hydrogen-bond donors (Lipinski definition) is 0. The normalized spacial score (nSPS) is 34.5. The maximum atomic E-state index is 6.10. The number of fused-ring (bicyclic) bond motifs is 1. The highest BCUT2D eigenvalue weighted by atomic mass is 35.5. The maximum absolute atomic E-state index is 6.10. The molecular weight excluding hydrogens is 224 g/mol. The van der Waals surface area contributed by atoms with Gasteiger partial charge in [-0.15, -0.1) is 11.6 Å². The lowest BCUT2D eigenvalue weighted by molar-refractivity contribution is 0.367. The Labute approximate surface area is 101 Å². The van der Waals surface area contributed by atoms with Gasteiger partial charge in [0.1, 0.15) is 0 Å². The highest BCUT2D eigenvalue weighted by Gasteiger charge is 2.54. The van der Waals surface area contributed by atoms with Crippen LogP contribution in [0.25, 0.3) is 0 Å². The van der Waals surface area contributed by atoms with Crippen LogP contribution in [0.2, 0.25) is 0 Å². The molecule has 2 aliphatic rings. The Kier molecular flexibility index (Phi) is 2.66. The molecule has 1 heterocycles. The zero-order valence-corrected chi connectivity index (χ0v) is 10.3. The van der Waals surface area contributed by atoms with Gasteiger partial charge in [0.2, 0.25) is 5.89 Å². The fourth-order valence-corrected chi connectivity index (χ4v) is 3.14. The van der Waals surface area contributed by atoms with Crippen molar-refractivity contribution in [3.8, 4) is 0 Å². The standard InChI is InChI=1S/C12H17ClN2O/c1-2-9(13)11-14-12(16-15-11)10-7-5-3-4-6-8(7)10/h7-10H,2-6H2,1H3. The molecule has 0 saturated heterocycles. The third-order valence-electron chi connectivity index (χ3n) is 4.04. The molecule has 1 aromatic heterocycles. The number of aromatic nitrogens is 2. The fraction of sp³-hybridized carbons (Fsp3) is 0.833. The Morgan fingerprint density at radius 1 is 1.38 bits per heavy atom. The Bertz CT molecular complexity index is 367. The number of alkyl halides is 1. The molecule has 4 heteroatoms. The van der Waals surface area contributed by atoms with Crippen molar-refractivity contribution in [3.63, 3.8) is 0 Å². The molecule has 0 aliphatic heterocycles. The van der Waals surface area contributed by atoms with Crippen molar-refractivity contribution in [2.75, 3.05) is 0 Å². The molecule has 2 saturated carbocycles. The highest BCUT2D eigenvalue weighted by Crippen LogP contribution is 2.60. The quantitative estimate of drug-likeness (QED) is 0.757. The predicted octanol–water partition coefficient (Wildman–Crippen LogP) is 3.66. The van der Waals surface area contributed by atoms with Crippen LogP contribution >= 0.6 is 11.6 Å². The van der Waals surface area contributed by atoms with E-state index in [4.69, 9.17) is 16.1 Å². The van der Waals surface area contributed by atoms with Gasteiger partial charge in [0.25, 0.3) is 0 Å².